The fourth-order valence-electron chi connectivity index (χ4n) is 1.60. The molecule has 0 nitrogen and oxygen atoms in total. The molecule has 1 saturated carbocycles. The average molecular weight is 260 g/mol. The van der Waals surface area contributed by atoms with Crippen LogP contribution in [0, 0.1) is 0 Å². The Morgan fingerprint density at radius 1 is 1.18 bits per heavy atom. The first-order valence-electron chi connectivity index (χ1n) is 4.25. The molecular formula is C10H13I. The van der Waals surface area contributed by atoms with Gasteiger partial charge >= 0.3 is 0 Å². The van der Waals surface area contributed by atoms with Crippen LogP contribution >= 0.6 is 20.7 Å². The van der Waals surface area contributed by atoms with Gasteiger partial charge in [0, 0.05) is 0 Å². The molecule has 2 aliphatic rings. The maximum Gasteiger partial charge on any atom is -0.0112 e. The molecule has 11 heavy (non-hydrogen) atoms. The van der Waals surface area contributed by atoms with E-state index in [1.54, 1.807) is 9.15 Å². The molecule has 0 aromatic rings. The van der Waals surface area contributed by atoms with E-state index in [4.69, 9.17) is 0 Å². The number of hydrogen-bond donors (Lipinski definition) is 0. The van der Waals surface area contributed by atoms with Crippen molar-refractivity contribution in [2.45, 2.75) is 32.6 Å². The van der Waals surface area contributed by atoms with Gasteiger partial charge in [-0.15, -0.1) is 0 Å². The summed E-state index contributed by atoms with van der Waals surface area (Å²) in [6.45, 7) is 2.28. The highest BCUT2D eigenvalue weighted by Gasteiger charge is 2.13. The Morgan fingerprint density at radius 2 is 2.00 bits per heavy atom. The monoisotopic (exact) mass is 260 g/mol. The highest BCUT2D eigenvalue weighted by molar-refractivity contribution is 14.2. The Morgan fingerprint density at radius 3 is 2.91 bits per heavy atom. The fraction of sp³-hybridized carbons (Fsp3) is 0.500. The highest BCUT2D eigenvalue weighted by atomic mass is 127. The summed E-state index contributed by atoms with van der Waals surface area (Å²) in [5, 5.41) is 0. The molecule has 0 N–H and O–H groups in total. The van der Waals surface area contributed by atoms with Crippen LogP contribution in [0.2, 0.25) is 0 Å². The third-order valence-electron chi connectivity index (χ3n) is 2.22. The van der Waals surface area contributed by atoms with Gasteiger partial charge in [-0.3, -0.25) is 0 Å². The van der Waals surface area contributed by atoms with Crippen molar-refractivity contribution in [1.82, 2.24) is 0 Å². The van der Waals surface area contributed by atoms with Gasteiger partial charge in [0.1, 0.15) is 0 Å². The number of rotatable bonds is 0. The van der Waals surface area contributed by atoms with Crippen molar-refractivity contribution in [3.63, 3.8) is 0 Å². The van der Waals surface area contributed by atoms with E-state index in [-0.39, 0.29) is 0 Å². The molecule has 1 aliphatic heterocycles. The van der Waals surface area contributed by atoms with Gasteiger partial charge in [-0.05, 0) is 45.3 Å². The third kappa shape index (κ3) is 1.63. The smallest absolute Gasteiger partial charge is 0.0112 e. The molecule has 1 heterocycles. The van der Waals surface area contributed by atoms with Gasteiger partial charge in [0.25, 0.3) is 0 Å². The molecule has 1 fully saturated rings. The van der Waals surface area contributed by atoms with E-state index in [1.165, 1.54) is 25.7 Å². The predicted octanol–water partition coefficient (Wildman–Crippen LogP) is 3.55. The second-order valence-electron chi connectivity index (χ2n) is 3.15. The van der Waals surface area contributed by atoms with Gasteiger partial charge in [-0.25, -0.2) is 0 Å². The fourth-order valence-corrected chi connectivity index (χ4v) is 4.43. The van der Waals surface area contributed by atoms with Gasteiger partial charge in [0.15, 0.2) is 0 Å². The van der Waals surface area contributed by atoms with E-state index >= 15 is 0 Å². The van der Waals surface area contributed by atoms with E-state index in [0.717, 1.165) is 0 Å². The molecule has 0 amide bonds. The SMILES string of the molecule is CC1=CC=C2CCCCC2=I1. The predicted molar refractivity (Wildman–Crippen MR) is 59.3 cm³/mol. The Hall–Kier alpha value is 0.0800. The average Bonchev–Trinajstić information content (AvgIpc) is 2.04. The van der Waals surface area contributed by atoms with Crippen molar-refractivity contribution in [1.29, 1.82) is 0 Å². The summed E-state index contributed by atoms with van der Waals surface area (Å²) in [5.41, 5.74) is 1.69. The Bertz CT molecular complexity index is 256. The van der Waals surface area contributed by atoms with Crippen LogP contribution in [0.3, 0.4) is 0 Å². The molecule has 1 aliphatic carbocycles. The highest BCUT2D eigenvalue weighted by Crippen LogP contribution is 2.32. The van der Waals surface area contributed by atoms with Gasteiger partial charge in [-0.2, -0.15) is 0 Å². The Kier molecular flexibility index (Phi) is 2.25. The number of hydrogen-bond acceptors (Lipinski definition) is 0. The summed E-state index contributed by atoms with van der Waals surface area (Å²) in [7, 11) is 0. The van der Waals surface area contributed by atoms with Crippen molar-refractivity contribution in [3.8, 4) is 0 Å². The van der Waals surface area contributed by atoms with Crippen LogP contribution in [0.4, 0.5) is 0 Å². The molecule has 60 valence electrons. The molecule has 0 radical (unpaired) electrons. The van der Waals surface area contributed by atoms with Crippen molar-refractivity contribution in [3.05, 3.63) is 21.3 Å². The zero-order valence-electron chi connectivity index (χ0n) is 6.86. The maximum absolute atomic E-state index is 2.35. The Balaban J connectivity index is 2.32. The minimum absolute atomic E-state index is 0.300. The van der Waals surface area contributed by atoms with Crippen LogP contribution in [-0.4, -0.2) is 3.51 Å². The van der Waals surface area contributed by atoms with Crippen LogP contribution in [0.15, 0.2) is 21.3 Å². The van der Waals surface area contributed by atoms with Crippen LogP contribution in [0.1, 0.15) is 32.6 Å². The Labute approximate surface area is 78.1 Å². The van der Waals surface area contributed by atoms with E-state index in [0.29, 0.717) is 20.7 Å². The molecule has 0 spiro atoms. The van der Waals surface area contributed by atoms with Crippen LogP contribution in [0.5, 0.6) is 0 Å². The largest absolute Gasteiger partial charge is 0.0866 e. The molecule has 1 heteroatoms. The van der Waals surface area contributed by atoms with Crippen molar-refractivity contribution in [2.24, 2.45) is 0 Å². The normalized spacial score (nSPS) is 23.9. The zero-order valence-corrected chi connectivity index (χ0v) is 9.02. The van der Waals surface area contributed by atoms with Crippen LogP contribution in [-0.2, 0) is 0 Å². The van der Waals surface area contributed by atoms with E-state index < -0.39 is 0 Å². The molecule has 0 aromatic carbocycles. The molecule has 0 unspecified atom stereocenters. The standard InChI is InChI=1S/C10H13I/c1-8-6-7-9-4-2-3-5-10(9)11-8/h6-7H,2-5H2,1H3. The minimum Gasteiger partial charge on any atom is -0.0866 e. The summed E-state index contributed by atoms with van der Waals surface area (Å²) >= 11 is 0.300. The lowest BCUT2D eigenvalue weighted by Crippen LogP contribution is -2.07. The molecule has 0 aromatic heterocycles. The van der Waals surface area contributed by atoms with Gasteiger partial charge in [0.2, 0.25) is 0 Å². The van der Waals surface area contributed by atoms with Crippen molar-refractivity contribution < 1.29 is 0 Å². The third-order valence-corrected chi connectivity index (χ3v) is 5.31. The topological polar surface area (TPSA) is 0 Å². The van der Waals surface area contributed by atoms with Crippen molar-refractivity contribution >= 4 is 24.2 Å². The van der Waals surface area contributed by atoms with Gasteiger partial charge in [0.05, 0.1) is 0 Å². The lowest BCUT2D eigenvalue weighted by Gasteiger charge is -2.19. The maximum atomic E-state index is 2.35. The quantitative estimate of drug-likeness (QED) is 0.584. The minimum atomic E-state index is 0.300. The van der Waals surface area contributed by atoms with E-state index in [2.05, 4.69) is 19.1 Å². The molecular weight excluding hydrogens is 247 g/mol. The molecule has 2 rings (SSSR count). The first-order valence-corrected chi connectivity index (χ1v) is 6.40. The van der Waals surface area contributed by atoms with Crippen molar-refractivity contribution in [2.75, 3.05) is 0 Å². The summed E-state index contributed by atoms with van der Waals surface area (Å²) in [4.78, 5) is 0. The van der Waals surface area contributed by atoms with Gasteiger partial charge < -0.3 is 0 Å². The summed E-state index contributed by atoms with van der Waals surface area (Å²) in [6, 6.07) is 0. The summed E-state index contributed by atoms with van der Waals surface area (Å²) < 4.78 is 3.47. The lowest BCUT2D eigenvalue weighted by molar-refractivity contribution is 0.741. The number of halogens is 1. The van der Waals surface area contributed by atoms with E-state index in [1.807, 2.05) is 3.51 Å². The molecule has 0 atom stereocenters. The van der Waals surface area contributed by atoms with Crippen LogP contribution < -0.4 is 0 Å². The van der Waals surface area contributed by atoms with Crippen LogP contribution in [0.25, 0.3) is 0 Å². The number of fused-ring (bicyclic) bond motifs is 1. The first kappa shape index (κ1) is 7.71. The summed E-state index contributed by atoms with van der Waals surface area (Å²) in [6.07, 6.45) is 10.3. The summed E-state index contributed by atoms with van der Waals surface area (Å²) in [5.74, 6) is 0. The zero-order chi connectivity index (χ0) is 7.68. The van der Waals surface area contributed by atoms with Gasteiger partial charge in [-0.1, -0.05) is 32.9 Å². The molecule has 0 saturated heterocycles. The number of allylic oxidation sites excluding steroid dienone is 4. The first-order chi connectivity index (χ1) is 5.36. The lowest BCUT2D eigenvalue weighted by atomic mass is 9.95. The second-order valence-corrected chi connectivity index (χ2v) is 6.69. The molecule has 0 bridgehead atoms. The second kappa shape index (κ2) is 3.21. The van der Waals surface area contributed by atoms with E-state index in [9.17, 15) is 0 Å².